The lowest BCUT2D eigenvalue weighted by Gasteiger charge is -2.29. The Bertz CT molecular complexity index is 1290. The van der Waals surface area contributed by atoms with Gasteiger partial charge in [-0.05, 0) is 72.7 Å². The third kappa shape index (κ3) is 6.81. The highest BCUT2D eigenvalue weighted by atomic mass is 19.4. The first kappa shape index (κ1) is 28.7. The van der Waals surface area contributed by atoms with Crippen molar-refractivity contribution >= 4 is 5.69 Å². The number of hydrogen-bond donors (Lipinski definition) is 1. The van der Waals surface area contributed by atoms with Crippen LogP contribution >= 0.6 is 0 Å². The van der Waals surface area contributed by atoms with E-state index in [1.807, 2.05) is 12.1 Å². The van der Waals surface area contributed by atoms with Crippen LogP contribution in [0, 0.1) is 0 Å². The molecule has 3 aromatic rings. The number of anilines is 1. The molecular formula is C28H25F8NO2. The molecule has 0 saturated heterocycles. The normalized spacial score (nSPS) is 15.0. The van der Waals surface area contributed by atoms with E-state index < -0.39 is 43.0 Å². The molecule has 0 aliphatic heterocycles. The predicted molar refractivity (Wildman–Crippen MR) is 129 cm³/mol. The van der Waals surface area contributed by atoms with Gasteiger partial charge in [0.25, 0.3) is 0 Å². The third-order valence-electron chi connectivity index (χ3n) is 6.53. The largest absolute Gasteiger partial charge is 0.458 e. The first-order chi connectivity index (χ1) is 18.2. The molecule has 0 spiro atoms. The zero-order valence-electron chi connectivity index (χ0n) is 20.5. The fraction of sp³-hybridized carbons (Fsp3) is 0.357. The van der Waals surface area contributed by atoms with Crippen molar-refractivity contribution in [3.63, 3.8) is 0 Å². The highest BCUT2D eigenvalue weighted by molar-refractivity contribution is 5.53. The van der Waals surface area contributed by atoms with Crippen molar-refractivity contribution in [1.29, 1.82) is 0 Å². The smallest absolute Gasteiger partial charge is 0.457 e. The Balaban J connectivity index is 1.62. The van der Waals surface area contributed by atoms with E-state index in [0.717, 1.165) is 42.2 Å². The minimum Gasteiger partial charge on any atom is -0.457 e. The van der Waals surface area contributed by atoms with E-state index in [0.29, 0.717) is 17.9 Å². The Morgan fingerprint density at radius 3 is 2.13 bits per heavy atom. The summed E-state index contributed by atoms with van der Waals surface area (Å²) in [5.74, 6) is -4.36. The van der Waals surface area contributed by atoms with Crippen LogP contribution < -0.4 is 9.64 Å². The zero-order valence-corrected chi connectivity index (χ0v) is 20.5. The molecule has 1 N–H and O–H groups in total. The molecular weight excluding hydrogens is 534 g/mol. The first-order valence-electron chi connectivity index (χ1n) is 12.2. The molecule has 1 atom stereocenters. The molecule has 0 heterocycles. The second-order valence-electron chi connectivity index (χ2n) is 9.45. The Hall–Kier alpha value is -3.34. The van der Waals surface area contributed by atoms with E-state index in [2.05, 4.69) is 0 Å². The van der Waals surface area contributed by atoms with Gasteiger partial charge in [-0.2, -0.15) is 35.1 Å². The fourth-order valence-corrected chi connectivity index (χ4v) is 4.48. The second-order valence-corrected chi connectivity index (χ2v) is 9.45. The van der Waals surface area contributed by atoms with Crippen LogP contribution in [0.15, 0.2) is 66.7 Å². The van der Waals surface area contributed by atoms with Crippen molar-refractivity contribution < 1.29 is 45.0 Å². The highest BCUT2D eigenvalue weighted by Gasteiger charge is 2.58. The number of aliphatic hydroxyl groups excluding tert-OH is 1. The lowest BCUT2D eigenvalue weighted by molar-refractivity contribution is -0.289. The van der Waals surface area contributed by atoms with E-state index in [-0.39, 0.29) is 17.0 Å². The summed E-state index contributed by atoms with van der Waals surface area (Å²) in [7, 11) is 0. The number of hydrogen-bond acceptors (Lipinski definition) is 3. The van der Waals surface area contributed by atoms with Crippen LogP contribution in [0.1, 0.15) is 35.1 Å². The van der Waals surface area contributed by atoms with E-state index >= 15 is 0 Å². The maximum atomic E-state index is 13.9. The van der Waals surface area contributed by atoms with Crippen LogP contribution in [0.3, 0.4) is 0 Å². The number of aliphatic hydroxyl groups is 1. The molecule has 3 nitrogen and oxygen atoms in total. The molecule has 3 aromatic carbocycles. The van der Waals surface area contributed by atoms with Gasteiger partial charge < -0.3 is 14.7 Å². The van der Waals surface area contributed by atoms with E-state index in [9.17, 15) is 40.2 Å². The van der Waals surface area contributed by atoms with Crippen molar-refractivity contribution in [2.75, 3.05) is 11.4 Å². The predicted octanol–water partition coefficient (Wildman–Crippen LogP) is 7.94. The third-order valence-corrected chi connectivity index (χ3v) is 6.53. The summed E-state index contributed by atoms with van der Waals surface area (Å²) in [6.45, 7) is -1.48. The van der Waals surface area contributed by atoms with Crippen molar-refractivity contribution in [2.24, 2.45) is 0 Å². The van der Waals surface area contributed by atoms with Gasteiger partial charge in [0.2, 0.25) is 0 Å². The summed E-state index contributed by atoms with van der Waals surface area (Å²) >= 11 is 0. The van der Waals surface area contributed by atoms with Crippen LogP contribution in [-0.2, 0) is 25.3 Å². The molecule has 11 heteroatoms. The van der Waals surface area contributed by atoms with Crippen LogP contribution in [0.25, 0.3) is 0 Å². The summed E-state index contributed by atoms with van der Waals surface area (Å²) in [5, 5.41) is 9.74. The maximum absolute atomic E-state index is 13.9. The van der Waals surface area contributed by atoms with Gasteiger partial charge in [0, 0.05) is 23.9 Å². The van der Waals surface area contributed by atoms with Crippen LogP contribution in [0.5, 0.6) is 11.5 Å². The number of alkyl halides is 8. The lowest BCUT2D eigenvalue weighted by atomic mass is 9.92. The Labute approximate surface area is 219 Å². The number of aryl methyl sites for hydroxylation is 2. The van der Waals surface area contributed by atoms with Crippen molar-refractivity contribution in [3.8, 4) is 11.5 Å². The summed E-state index contributed by atoms with van der Waals surface area (Å²) < 4.78 is 112. The number of halogens is 8. The minimum absolute atomic E-state index is 0.105. The first-order valence-corrected chi connectivity index (χ1v) is 12.2. The van der Waals surface area contributed by atoms with Gasteiger partial charge >= 0.3 is 18.3 Å². The molecule has 0 fully saturated rings. The number of rotatable bonds is 8. The van der Waals surface area contributed by atoms with Gasteiger partial charge in [0.15, 0.2) is 6.10 Å². The monoisotopic (exact) mass is 559 g/mol. The zero-order chi connectivity index (χ0) is 28.4. The molecule has 0 unspecified atom stereocenters. The molecule has 0 saturated carbocycles. The Kier molecular flexibility index (Phi) is 8.11. The molecule has 1 aliphatic rings. The molecule has 39 heavy (non-hydrogen) atoms. The minimum atomic E-state index is -5.85. The maximum Gasteiger partial charge on any atom is 0.458 e. The van der Waals surface area contributed by atoms with Gasteiger partial charge in [-0.15, -0.1) is 0 Å². The van der Waals surface area contributed by atoms with E-state index in [4.69, 9.17) is 4.74 Å². The topological polar surface area (TPSA) is 32.7 Å². The molecule has 0 aromatic heterocycles. The summed E-state index contributed by atoms with van der Waals surface area (Å²) in [6, 6.07) is 14.9. The van der Waals surface area contributed by atoms with Crippen LogP contribution in [-0.4, -0.2) is 30.1 Å². The Morgan fingerprint density at radius 1 is 0.769 bits per heavy atom. The highest BCUT2D eigenvalue weighted by Crippen LogP contribution is 2.44. The average molecular weight is 559 g/mol. The quantitative estimate of drug-likeness (QED) is 0.285. The molecule has 0 bridgehead atoms. The summed E-state index contributed by atoms with van der Waals surface area (Å²) in [4.78, 5) is 1.04. The lowest BCUT2D eigenvalue weighted by Crippen LogP contribution is -2.41. The molecule has 4 rings (SSSR count). The number of ether oxygens (including phenoxy) is 1. The number of fused-ring (bicyclic) bond motifs is 1. The van der Waals surface area contributed by atoms with Gasteiger partial charge in [-0.25, -0.2) is 0 Å². The molecule has 0 radical (unpaired) electrons. The number of nitrogens with zero attached hydrogens (tertiary/aromatic N) is 1. The van der Waals surface area contributed by atoms with Gasteiger partial charge in [0.05, 0.1) is 6.54 Å². The van der Waals surface area contributed by atoms with Crippen LogP contribution in [0.2, 0.25) is 0 Å². The number of benzene rings is 3. The summed E-state index contributed by atoms with van der Waals surface area (Å²) in [6.07, 6.45) is -9.60. The molecule has 0 amide bonds. The van der Waals surface area contributed by atoms with Crippen molar-refractivity contribution in [1.82, 2.24) is 0 Å². The SMILES string of the molecule is O[C@H](CN(Cc1cccc(C(F)(F)C(F)(F)F)c1)c1cccc(Oc2ccc3c(c2)CCCC3)c1)C(F)(F)F. The van der Waals surface area contributed by atoms with Gasteiger partial charge in [-0.1, -0.05) is 30.3 Å². The fourth-order valence-electron chi connectivity index (χ4n) is 4.48. The van der Waals surface area contributed by atoms with Crippen LogP contribution in [0.4, 0.5) is 40.8 Å². The standard InChI is InChI=1S/C28H25F8NO2/c29-26(30,28(34,35)36)21-8-3-5-18(13-21)16-37(17-25(38)27(31,32)33)22-9-4-10-23(15-22)39-24-12-11-19-6-1-2-7-20(19)14-24/h3-5,8-15,25,38H,1-2,6-7,16-17H2/t25-/m1/s1. The second kappa shape index (κ2) is 11.0. The molecule has 1 aliphatic carbocycles. The van der Waals surface area contributed by atoms with E-state index in [1.165, 1.54) is 29.8 Å². The van der Waals surface area contributed by atoms with Gasteiger partial charge in [-0.3, -0.25) is 0 Å². The van der Waals surface area contributed by atoms with Crippen molar-refractivity contribution in [3.05, 3.63) is 89.0 Å². The molecule has 210 valence electrons. The van der Waals surface area contributed by atoms with Crippen molar-refractivity contribution in [2.45, 2.75) is 56.6 Å². The summed E-state index contributed by atoms with van der Waals surface area (Å²) in [5.41, 5.74) is 1.08. The van der Waals surface area contributed by atoms with Gasteiger partial charge in [0.1, 0.15) is 11.5 Å². The Morgan fingerprint density at radius 2 is 1.44 bits per heavy atom. The average Bonchev–Trinajstić information content (AvgIpc) is 2.87. The van der Waals surface area contributed by atoms with E-state index in [1.54, 1.807) is 12.1 Å².